The fourth-order valence-electron chi connectivity index (χ4n) is 3.80. The molecule has 1 amide bonds. The third-order valence-electron chi connectivity index (χ3n) is 4.99. The molecule has 2 aromatic heterocycles. The molecule has 0 saturated carbocycles. The van der Waals surface area contributed by atoms with Gasteiger partial charge in [-0.25, -0.2) is 4.79 Å². The first kappa shape index (κ1) is 19.0. The molecule has 0 unspecified atom stereocenters. The molecule has 150 valence electrons. The van der Waals surface area contributed by atoms with Gasteiger partial charge in [-0.1, -0.05) is 44.2 Å². The lowest BCUT2D eigenvalue weighted by atomic mass is 10.1. The Balaban J connectivity index is 1.62. The van der Waals surface area contributed by atoms with Crippen molar-refractivity contribution in [3.8, 4) is 11.4 Å². The zero-order valence-electron chi connectivity index (χ0n) is 16.8. The van der Waals surface area contributed by atoms with E-state index in [4.69, 9.17) is 0 Å². The van der Waals surface area contributed by atoms with Gasteiger partial charge < -0.3 is 14.5 Å². The molecule has 0 radical (unpaired) electrons. The summed E-state index contributed by atoms with van der Waals surface area (Å²) in [5, 5.41) is 8.67. The van der Waals surface area contributed by atoms with Crippen molar-refractivity contribution in [3.05, 3.63) is 64.1 Å². The van der Waals surface area contributed by atoms with Gasteiger partial charge in [0.05, 0.1) is 12.6 Å². The van der Waals surface area contributed by atoms with Gasteiger partial charge >= 0.3 is 5.69 Å². The zero-order chi connectivity index (χ0) is 20.5. The molecular formula is C21H24N6O2. The highest BCUT2D eigenvalue weighted by Crippen LogP contribution is 2.27. The van der Waals surface area contributed by atoms with Gasteiger partial charge in [0, 0.05) is 17.8 Å². The largest absolute Gasteiger partial charge is 0.345 e. The minimum absolute atomic E-state index is 0.00466. The van der Waals surface area contributed by atoms with Gasteiger partial charge in [0.25, 0.3) is 5.91 Å². The van der Waals surface area contributed by atoms with Crippen LogP contribution in [-0.2, 0) is 13.0 Å². The third kappa shape index (κ3) is 3.83. The molecule has 0 bridgehead atoms. The van der Waals surface area contributed by atoms with Crippen LogP contribution in [0.1, 0.15) is 48.8 Å². The standard InChI is InChI=1S/C21H24N6O2/c1-13(2)9-16-10-17(23-21(29)22-16)20(28)26-11-14(3)27-18(12-26)24-25-19(27)15-7-5-4-6-8-15/h4-8,10,13-14H,9,11-12H2,1-3H3,(H,22,23,29)/t14-/m0/s1. The quantitative estimate of drug-likeness (QED) is 0.736. The van der Waals surface area contributed by atoms with Gasteiger partial charge in [0.1, 0.15) is 5.69 Å². The Kier molecular flexibility index (Phi) is 5.00. The first-order valence-electron chi connectivity index (χ1n) is 9.81. The Labute approximate surface area is 168 Å². The Morgan fingerprint density at radius 1 is 1.24 bits per heavy atom. The molecular weight excluding hydrogens is 368 g/mol. The van der Waals surface area contributed by atoms with Gasteiger partial charge in [0.2, 0.25) is 0 Å². The van der Waals surface area contributed by atoms with Crippen molar-refractivity contribution in [2.75, 3.05) is 6.54 Å². The van der Waals surface area contributed by atoms with Crippen LogP contribution in [0.2, 0.25) is 0 Å². The summed E-state index contributed by atoms with van der Waals surface area (Å²) >= 11 is 0. The molecule has 1 aromatic carbocycles. The van der Waals surface area contributed by atoms with Crippen molar-refractivity contribution in [2.45, 2.75) is 39.8 Å². The molecule has 0 spiro atoms. The van der Waals surface area contributed by atoms with E-state index in [-0.39, 0.29) is 17.6 Å². The number of H-pyrrole nitrogens is 1. The van der Waals surface area contributed by atoms with Crippen LogP contribution in [0.5, 0.6) is 0 Å². The summed E-state index contributed by atoms with van der Waals surface area (Å²) < 4.78 is 2.08. The van der Waals surface area contributed by atoms with Gasteiger partial charge in [0.15, 0.2) is 11.6 Å². The fraction of sp³-hybridized carbons (Fsp3) is 0.381. The molecule has 0 fully saturated rings. The summed E-state index contributed by atoms with van der Waals surface area (Å²) in [4.78, 5) is 33.3. The lowest BCUT2D eigenvalue weighted by Gasteiger charge is -2.32. The predicted octanol–water partition coefficient (Wildman–Crippen LogP) is 2.44. The van der Waals surface area contributed by atoms with E-state index >= 15 is 0 Å². The van der Waals surface area contributed by atoms with Gasteiger partial charge in [-0.15, -0.1) is 10.2 Å². The van der Waals surface area contributed by atoms with Crippen LogP contribution in [0, 0.1) is 5.92 Å². The van der Waals surface area contributed by atoms with Crippen LogP contribution in [0.4, 0.5) is 0 Å². The van der Waals surface area contributed by atoms with Gasteiger partial charge in [-0.2, -0.15) is 4.98 Å². The molecule has 1 aliphatic heterocycles. The lowest BCUT2D eigenvalue weighted by Crippen LogP contribution is -2.41. The number of nitrogens with one attached hydrogen (secondary N) is 1. The molecule has 4 rings (SSSR count). The topological polar surface area (TPSA) is 96.8 Å². The molecule has 1 N–H and O–H groups in total. The van der Waals surface area contributed by atoms with E-state index < -0.39 is 5.69 Å². The normalized spacial score (nSPS) is 16.1. The molecule has 1 aliphatic rings. The lowest BCUT2D eigenvalue weighted by molar-refractivity contribution is 0.0675. The molecule has 29 heavy (non-hydrogen) atoms. The number of hydrogen-bond acceptors (Lipinski definition) is 5. The van der Waals surface area contributed by atoms with Crippen molar-refractivity contribution in [1.82, 2.24) is 29.6 Å². The van der Waals surface area contributed by atoms with Crippen molar-refractivity contribution >= 4 is 5.91 Å². The molecule has 0 saturated heterocycles. The van der Waals surface area contributed by atoms with Crippen LogP contribution in [0.25, 0.3) is 11.4 Å². The second-order valence-electron chi connectivity index (χ2n) is 7.91. The van der Waals surface area contributed by atoms with E-state index in [9.17, 15) is 9.59 Å². The average Bonchev–Trinajstić information content (AvgIpc) is 3.11. The maximum Gasteiger partial charge on any atom is 0.345 e. The number of hydrogen-bond donors (Lipinski definition) is 1. The highest BCUT2D eigenvalue weighted by molar-refractivity contribution is 5.92. The first-order valence-corrected chi connectivity index (χ1v) is 9.81. The summed E-state index contributed by atoms with van der Waals surface area (Å²) in [6.07, 6.45) is 0.684. The Hall–Kier alpha value is -3.29. The highest BCUT2D eigenvalue weighted by atomic mass is 16.2. The van der Waals surface area contributed by atoms with Crippen molar-refractivity contribution in [1.29, 1.82) is 0 Å². The van der Waals surface area contributed by atoms with Crippen molar-refractivity contribution in [3.63, 3.8) is 0 Å². The van der Waals surface area contributed by atoms with Gasteiger partial charge in [-0.3, -0.25) is 4.79 Å². The minimum atomic E-state index is -0.494. The molecule has 3 aromatic rings. The number of fused-ring (bicyclic) bond motifs is 1. The van der Waals surface area contributed by atoms with E-state index in [1.165, 1.54) is 0 Å². The maximum atomic E-state index is 13.1. The minimum Gasteiger partial charge on any atom is -0.328 e. The SMILES string of the molecule is CC(C)Cc1cc(C(=O)N2Cc3nnc(-c4ccccc4)n3[C@@H](C)C2)nc(=O)[nH]1. The summed E-state index contributed by atoms with van der Waals surface area (Å²) in [7, 11) is 0. The van der Waals surface area contributed by atoms with Crippen molar-refractivity contribution in [2.24, 2.45) is 5.92 Å². The van der Waals surface area contributed by atoms with Crippen LogP contribution >= 0.6 is 0 Å². The Morgan fingerprint density at radius 2 is 2.00 bits per heavy atom. The summed E-state index contributed by atoms with van der Waals surface area (Å²) in [6, 6.07) is 11.6. The molecule has 3 heterocycles. The second-order valence-corrected chi connectivity index (χ2v) is 7.91. The number of aromatic amines is 1. The summed E-state index contributed by atoms with van der Waals surface area (Å²) in [5.41, 5.74) is 1.40. The van der Waals surface area contributed by atoms with Crippen LogP contribution in [0.3, 0.4) is 0 Å². The molecule has 1 atom stereocenters. The summed E-state index contributed by atoms with van der Waals surface area (Å²) in [5.74, 6) is 1.63. The number of aromatic nitrogens is 5. The number of benzene rings is 1. The average molecular weight is 392 g/mol. The smallest absolute Gasteiger partial charge is 0.328 e. The monoisotopic (exact) mass is 392 g/mol. The van der Waals surface area contributed by atoms with E-state index in [1.54, 1.807) is 11.0 Å². The van der Waals surface area contributed by atoms with Gasteiger partial charge in [-0.05, 0) is 25.3 Å². The zero-order valence-corrected chi connectivity index (χ0v) is 16.8. The molecule has 8 nitrogen and oxygen atoms in total. The maximum absolute atomic E-state index is 13.1. The number of rotatable bonds is 4. The second kappa shape index (κ2) is 7.62. The third-order valence-corrected chi connectivity index (χ3v) is 4.99. The number of amides is 1. The fourth-order valence-corrected chi connectivity index (χ4v) is 3.80. The molecule has 0 aliphatic carbocycles. The van der Waals surface area contributed by atoms with Crippen LogP contribution in [-0.4, -0.2) is 42.1 Å². The van der Waals surface area contributed by atoms with Crippen molar-refractivity contribution < 1.29 is 4.79 Å². The highest BCUT2D eigenvalue weighted by Gasteiger charge is 2.30. The number of carbonyl (C=O) groups excluding carboxylic acids is 1. The molecule has 8 heteroatoms. The van der Waals surface area contributed by atoms with Crippen LogP contribution < -0.4 is 5.69 Å². The van der Waals surface area contributed by atoms with E-state index in [0.717, 1.165) is 22.9 Å². The van der Waals surface area contributed by atoms with E-state index in [0.29, 0.717) is 25.4 Å². The Bertz CT molecular complexity index is 1090. The predicted molar refractivity (Wildman–Crippen MR) is 108 cm³/mol. The summed E-state index contributed by atoms with van der Waals surface area (Å²) in [6.45, 7) is 6.98. The number of carbonyl (C=O) groups is 1. The van der Waals surface area contributed by atoms with E-state index in [1.807, 2.05) is 37.3 Å². The first-order chi connectivity index (χ1) is 13.9. The Morgan fingerprint density at radius 3 is 2.72 bits per heavy atom. The van der Waals surface area contributed by atoms with E-state index in [2.05, 4.69) is 38.6 Å². The number of nitrogens with zero attached hydrogens (tertiary/aromatic N) is 5. The van der Waals surface area contributed by atoms with Crippen LogP contribution in [0.15, 0.2) is 41.2 Å².